The molecule has 0 heterocycles. The van der Waals surface area contributed by atoms with Crippen LogP contribution in [-0.4, -0.2) is 0 Å². The third-order valence-electron chi connectivity index (χ3n) is 20.4. The van der Waals surface area contributed by atoms with E-state index in [4.69, 9.17) is 0 Å². The molecule has 0 aromatic heterocycles. The Kier molecular flexibility index (Phi) is 2.91. The van der Waals surface area contributed by atoms with Crippen molar-refractivity contribution in [2.45, 2.75) is 86.9 Å². The topological polar surface area (TPSA) is 0 Å². The highest BCUT2D eigenvalue weighted by molar-refractivity contribution is 6.29. The van der Waals surface area contributed by atoms with Gasteiger partial charge in [0.2, 0.25) is 0 Å². The number of benzene rings is 3. The minimum Gasteiger partial charge on any atom is -0.124 e. The quantitative estimate of drug-likeness (QED) is 0.196. The van der Waals surface area contributed by atoms with E-state index in [0.717, 1.165) is 59.2 Å². The van der Waals surface area contributed by atoms with Gasteiger partial charge < -0.3 is 0 Å². The third kappa shape index (κ3) is 1.72. The number of fused-ring (bicyclic) bond motifs is 5. The standard InChI is InChI=1S/C49H38/c1-16-3-4-18(13-17(16)2)14-49-27-12-11-24-23-8-7-21-19-5-6-20-22-9-10-25-28-26-15-48(26,27)46-42(28)37-34(25)32(22)36-30(20)29(19)35-31(21)33(23)43(45(24)49)41-39(35)38(36)40(37)44(41)47(46)49/h3-4,6-8,13,20-31,33,45H,9-12,14-15H2,1-2H3. The summed E-state index contributed by atoms with van der Waals surface area (Å²) in [4.78, 5) is 0. The normalized spacial score (nSPS) is 51.6. The van der Waals surface area contributed by atoms with E-state index in [1.165, 1.54) is 49.7 Å². The van der Waals surface area contributed by atoms with Crippen LogP contribution in [0.5, 0.6) is 0 Å². The molecule has 1 spiro atoms. The van der Waals surface area contributed by atoms with Gasteiger partial charge in [0.25, 0.3) is 0 Å². The Hall–Kier alpha value is -3.34. The summed E-state index contributed by atoms with van der Waals surface area (Å²) >= 11 is 0. The smallest absolute Gasteiger partial charge is 0.0177 e. The van der Waals surface area contributed by atoms with Crippen molar-refractivity contribution in [3.63, 3.8) is 0 Å². The second-order valence-corrected chi connectivity index (χ2v) is 20.5. The maximum atomic E-state index is 4.21. The van der Waals surface area contributed by atoms with Crippen LogP contribution in [0.15, 0.2) is 58.9 Å². The van der Waals surface area contributed by atoms with Gasteiger partial charge >= 0.3 is 0 Å². The molecular formula is C49H38. The van der Waals surface area contributed by atoms with Crippen LogP contribution in [0.25, 0.3) is 21.9 Å². The van der Waals surface area contributed by atoms with Crippen molar-refractivity contribution in [1.29, 1.82) is 0 Å². The van der Waals surface area contributed by atoms with Gasteiger partial charge in [0.1, 0.15) is 0 Å². The molecule has 0 bridgehead atoms. The predicted octanol–water partition coefficient (Wildman–Crippen LogP) is 9.97. The maximum absolute atomic E-state index is 4.21. The summed E-state index contributed by atoms with van der Waals surface area (Å²) < 4.78 is 0. The summed E-state index contributed by atoms with van der Waals surface area (Å²) in [5.41, 5.74) is 34.8. The number of allylic oxidation sites excluding steroid dienone is 7. The van der Waals surface area contributed by atoms with Crippen molar-refractivity contribution in [3.8, 4) is 0 Å². The van der Waals surface area contributed by atoms with E-state index in [1.54, 1.807) is 11.1 Å². The number of hydrogen-bond donors (Lipinski definition) is 0. The second kappa shape index (κ2) is 6.15. The molecule has 0 heteroatoms. The first kappa shape index (κ1) is 23.2. The van der Waals surface area contributed by atoms with E-state index < -0.39 is 0 Å². The monoisotopic (exact) mass is 626 g/mol. The van der Waals surface area contributed by atoms with Crippen LogP contribution in [0.1, 0.15) is 117 Å². The number of rotatable bonds is 2. The highest BCUT2D eigenvalue weighted by Gasteiger charge is 2.84. The molecule has 0 amide bonds. The van der Waals surface area contributed by atoms with Gasteiger partial charge in [-0.25, -0.2) is 0 Å². The fourth-order valence-corrected chi connectivity index (χ4v) is 19.9. The van der Waals surface area contributed by atoms with Gasteiger partial charge in [-0.3, -0.25) is 0 Å². The van der Waals surface area contributed by atoms with Crippen LogP contribution in [-0.2, 0) is 17.3 Å². The molecule has 234 valence electrons. The van der Waals surface area contributed by atoms with Crippen molar-refractivity contribution >= 4 is 21.9 Å². The molecule has 16 atom stereocenters. The molecular weight excluding hydrogens is 589 g/mol. The van der Waals surface area contributed by atoms with Crippen LogP contribution >= 0.6 is 0 Å². The van der Waals surface area contributed by atoms with Crippen molar-refractivity contribution in [2.24, 2.45) is 59.2 Å². The Balaban J connectivity index is 1.11. The minimum absolute atomic E-state index is 0.299. The first-order valence-corrected chi connectivity index (χ1v) is 20.6. The van der Waals surface area contributed by atoms with Gasteiger partial charge in [-0.15, -0.1) is 5.73 Å². The van der Waals surface area contributed by atoms with E-state index in [-0.39, 0.29) is 0 Å². The molecule has 0 N–H and O–H groups in total. The Morgan fingerprint density at radius 2 is 1.67 bits per heavy atom. The van der Waals surface area contributed by atoms with E-state index in [0.29, 0.717) is 34.5 Å². The lowest BCUT2D eigenvalue weighted by Gasteiger charge is -2.54. The van der Waals surface area contributed by atoms with Gasteiger partial charge in [0.15, 0.2) is 0 Å². The van der Waals surface area contributed by atoms with Crippen LogP contribution < -0.4 is 0 Å². The van der Waals surface area contributed by atoms with Gasteiger partial charge in [-0.2, -0.15) is 0 Å². The summed E-state index contributed by atoms with van der Waals surface area (Å²) in [6, 6.07) is 7.68. The predicted molar refractivity (Wildman–Crippen MR) is 190 cm³/mol. The molecule has 16 unspecified atom stereocenters. The van der Waals surface area contributed by atoms with Gasteiger partial charge in [0, 0.05) is 28.6 Å². The number of aryl methyl sites for hydroxylation is 2. The van der Waals surface area contributed by atoms with Crippen molar-refractivity contribution in [2.75, 3.05) is 0 Å². The molecule has 4 saturated carbocycles. The SMILES string of the molecule is Cc1ccc(CC23c4c5c6c7c8c9c%10c%11c7c4C4=C7C%12C%13C=CC%14C%15=C=CC(C9CCC8C6C6CC56C2CCC%13C73)C%10C%15C(=C4%11)C%14%12)cc1C. The molecule has 0 aliphatic heterocycles. The molecule has 0 radical (unpaired) electrons. The van der Waals surface area contributed by atoms with E-state index in [2.05, 4.69) is 56.0 Å². The fraction of sp³-hybridized carbons (Fsp3) is 0.490. The zero-order valence-corrected chi connectivity index (χ0v) is 28.3. The van der Waals surface area contributed by atoms with Crippen LogP contribution in [0, 0.1) is 73.0 Å². The lowest BCUT2D eigenvalue weighted by Crippen LogP contribution is -2.52. The third-order valence-corrected chi connectivity index (χ3v) is 20.4. The summed E-state index contributed by atoms with van der Waals surface area (Å²) in [5, 5.41) is 3.77. The average molecular weight is 627 g/mol. The van der Waals surface area contributed by atoms with Crippen LogP contribution in [0.3, 0.4) is 0 Å². The average Bonchev–Trinajstić information content (AvgIpc) is 3.67. The first-order chi connectivity index (χ1) is 24.1. The van der Waals surface area contributed by atoms with E-state index >= 15 is 0 Å². The molecule has 0 saturated heterocycles. The zero-order chi connectivity index (χ0) is 30.7. The molecule has 18 rings (SSSR count). The van der Waals surface area contributed by atoms with Crippen molar-refractivity contribution < 1.29 is 0 Å². The Morgan fingerprint density at radius 1 is 0.755 bits per heavy atom. The highest BCUT2D eigenvalue weighted by atomic mass is 14.9. The largest absolute Gasteiger partial charge is 0.124 e. The molecule has 49 heavy (non-hydrogen) atoms. The van der Waals surface area contributed by atoms with Gasteiger partial charge in [-0.05, 0) is 218 Å². The fourth-order valence-electron chi connectivity index (χ4n) is 19.9. The Morgan fingerprint density at radius 3 is 2.61 bits per heavy atom. The van der Waals surface area contributed by atoms with E-state index in [9.17, 15) is 0 Å². The Bertz CT molecular complexity index is 2680. The Labute approximate surface area is 287 Å². The van der Waals surface area contributed by atoms with Gasteiger partial charge in [-0.1, -0.05) is 35.9 Å². The highest BCUT2D eigenvalue weighted by Crippen LogP contribution is 2.91. The molecule has 0 nitrogen and oxygen atoms in total. The minimum atomic E-state index is 0.299. The van der Waals surface area contributed by atoms with Crippen LogP contribution in [0.2, 0.25) is 0 Å². The van der Waals surface area contributed by atoms with Crippen LogP contribution in [0.4, 0.5) is 0 Å². The van der Waals surface area contributed by atoms with Crippen molar-refractivity contribution in [1.82, 2.24) is 0 Å². The zero-order valence-electron chi connectivity index (χ0n) is 28.3. The second-order valence-electron chi connectivity index (χ2n) is 20.5. The number of hydrogen-bond acceptors (Lipinski definition) is 0. The molecule has 4 fully saturated rings. The molecule has 15 aliphatic carbocycles. The molecule has 3 aromatic carbocycles. The summed E-state index contributed by atoms with van der Waals surface area (Å²) in [5.74, 6) is 10.7. The summed E-state index contributed by atoms with van der Waals surface area (Å²) in [6.45, 7) is 4.70. The maximum Gasteiger partial charge on any atom is 0.0177 e. The molecule has 15 aliphatic rings. The van der Waals surface area contributed by atoms with E-state index in [1.807, 2.05) is 77.6 Å². The lowest BCUT2D eigenvalue weighted by molar-refractivity contribution is 0.0641. The summed E-state index contributed by atoms with van der Waals surface area (Å²) in [7, 11) is 0. The van der Waals surface area contributed by atoms with Crippen molar-refractivity contribution in [3.05, 3.63) is 120 Å². The molecule has 3 aromatic rings. The summed E-state index contributed by atoms with van der Waals surface area (Å²) in [6.07, 6.45) is 17.0. The van der Waals surface area contributed by atoms with Gasteiger partial charge in [0.05, 0.1) is 0 Å². The lowest BCUT2D eigenvalue weighted by atomic mass is 9.48. The first-order valence-electron chi connectivity index (χ1n) is 20.6.